The predicted octanol–water partition coefficient (Wildman–Crippen LogP) is 3.38. The summed E-state index contributed by atoms with van der Waals surface area (Å²) in [7, 11) is 0. The summed E-state index contributed by atoms with van der Waals surface area (Å²) in [6, 6.07) is 0. The van der Waals surface area contributed by atoms with Crippen molar-refractivity contribution in [2.45, 2.75) is 63.7 Å². The topological polar surface area (TPSA) is 20.2 Å². The molecule has 0 aromatic rings. The fourth-order valence-corrected chi connectivity index (χ4v) is 1.40. The van der Waals surface area contributed by atoms with Crippen LogP contribution in [0.3, 0.4) is 0 Å². The maximum Gasteiger partial charge on any atom is 0.104 e. The van der Waals surface area contributed by atoms with Crippen LogP contribution in [0.25, 0.3) is 0 Å². The molecule has 0 fully saturated rings. The van der Waals surface area contributed by atoms with Crippen molar-refractivity contribution >= 4 is 12.6 Å². The molecule has 0 saturated heterocycles. The third-order valence-electron chi connectivity index (χ3n) is 2.00. The van der Waals surface area contributed by atoms with E-state index in [1.165, 1.54) is 32.1 Å². The fourth-order valence-electron chi connectivity index (χ4n) is 1.24. The minimum atomic E-state index is -0.759. The molecule has 0 aromatic heterocycles. The van der Waals surface area contributed by atoms with Gasteiger partial charge in [-0.15, -0.1) is 12.6 Å². The average molecular weight is 190 g/mol. The van der Waals surface area contributed by atoms with Crippen LogP contribution in [0.5, 0.6) is 0 Å². The van der Waals surface area contributed by atoms with E-state index in [1.807, 2.05) is 0 Å². The summed E-state index contributed by atoms with van der Waals surface area (Å²) in [5, 5.41) is 9.28. The number of hydrogen-bond acceptors (Lipinski definition) is 2. The predicted molar refractivity (Wildman–Crippen MR) is 57.6 cm³/mol. The smallest absolute Gasteiger partial charge is 0.104 e. The van der Waals surface area contributed by atoms with Gasteiger partial charge in [-0.2, -0.15) is 0 Å². The lowest BCUT2D eigenvalue weighted by molar-refractivity contribution is 0.146. The molecule has 0 aromatic carbocycles. The number of hydrogen-bond donors (Lipinski definition) is 2. The second kappa shape index (κ2) is 6.79. The van der Waals surface area contributed by atoms with Gasteiger partial charge in [0.2, 0.25) is 0 Å². The molecule has 2 heteroatoms. The lowest BCUT2D eigenvalue weighted by Crippen LogP contribution is -2.14. The Hall–Kier alpha value is 0.310. The summed E-state index contributed by atoms with van der Waals surface area (Å²) >= 11 is 4.05. The first-order valence-corrected chi connectivity index (χ1v) is 5.46. The molecule has 1 atom stereocenters. The summed E-state index contributed by atoms with van der Waals surface area (Å²) < 4.78 is 0. The summed E-state index contributed by atoms with van der Waals surface area (Å²) in [5.74, 6) is 0. The molecule has 12 heavy (non-hydrogen) atoms. The van der Waals surface area contributed by atoms with Gasteiger partial charge in [0.05, 0.1) is 0 Å². The molecule has 0 heterocycles. The molecule has 0 saturated carbocycles. The van der Waals surface area contributed by atoms with Crippen molar-refractivity contribution in [3.05, 3.63) is 0 Å². The highest BCUT2D eigenvalue weighted by atomic mass is 32.1. The van der Waals surface area contributed by atoms with E-state index < -0.39 is 4.93 Å². The third-order valence-corrected chi connectivity index (χ3v) is 2.23. The Kier molecular flexibility index (Phi) is 6.96. The monoisotopic (exact) mass is 190 g/mol. The van der Waals surface area contributed by atoms with E-state index in [0.717, 1.165) is 12.8 Å². The van der Waals surface area contributed by atoms with Crippen molar-refractivity contribution in [2.24, 2.45) is 0 Å². The highest BCUT2D eigenvalue weighted by Crippen LogP contribution is 2.18. The van der Waals surface area contributed by atoms with Crippen molar-refractivity contribution in [2.75, 3.05) is 0 Å². The average Bonchev–Trinajstić information content (AvgIpc) is 1.94. The van der Waals surface area contributed by atoms with Gasteiger partial charge in [0.25, 0.3) is 0 Å². The minimum absolute atomic E-state index is 0.759. The Morgan fingerprint density at radius 3 is 2.08 bits per heavy atom. The van der Waals surface area contributed by atoms with Crippen LogP contribution in [0.1, 0.15) is 58.8 Å². The molecule has 0 aliphatic rings. The standard InChI is InChI=1S/C10H22OS/c1-3-4-5-6-7-8-9-10(2,11)12/h11-12H,3-9H2,1-2H3. The Bertz CT molecular complexity index is 96.5. The molecule has 0 bridgehead atoms. The van der Waals surface area contributed by atoms with E-state index in [9.17, 15) is 5.11 Å². The van der Waals surface area contributed by atoms with Crippen molar-refractivity contribution in [3.63, 3.8) is 0 Å². The van der Waals surface area contributed by atoms with Crippen LogP contribution in [0.15, 0.2) is 0 Å². The maximum atomic E-state index is 9.28. The second-order valence-corrected chi connectivity index (χ2v) is 4.70. The fraction of sp³-hybridized carbons (Fsp3) is 1.00. The maximum absolute atomic E-state index is 9.28. The van der Waals surface area contributed by atoms with E-state index in [-0.39, 0.29) is 0 Å². The minimum Gasteiger partial charge on any atom is -0.380 e. The molecule has 0 radical (unpaired) electrons. The van der Waals surface area contributed by atoms with Gasteiger partial charge in [0.1, 0.15) is 4.93 Å². The Labute approximate surface area is 82.0 Å². The van der Waals surface area contributed by atoms with Crippen LogP contribution < -0.4 is 0 Å². The molecule has 0 spiro atoms. The molecule has 0 amide bonds. The number of thiol groups is 1. The number of rotatable bonds is 7. The van der Waals surface area contributed by atoms with E-state index in [2.05, 4.69) is 19.6 Å². The lowest BCUT2D eigenvalue weighted by Gasteiger charge is -2.15. The Morgan fingerprint density at radius 1 is 1.08 bits per heavy atom. The van der Waals surface area contributed by atoms with E-state index in [1.54, 1.807) is 6.92 Å². The lowest BCUT2D eigenvalue weighted by atomic mass is 10.1. The van der Waals surface area contributed by atoms with Gasteiger partial charge in [-0.3, -0.25) is 0 Å². The van der Waals surface area contributed by atoms with Crippen LogP contribution in [0.2, 0.25) is 0 Å². The first kappa shape index (κ1) is 12.3. The highest BCUT2D eigenvalue weighted by molar-refractivity contribution is 7.81. The van der Waals surface area contributed by atoms with Crippen LogP contribution in [-0.4, -0.2) is 10.0 Å². The summed E-state index contributed by atoms with van der Waals surface area (Å²) in [6.07, 6.45) is 8.42. The van der Waals surface area contributed by atoms with Gasteiger partial charge in [0.15, 0.2) is 0 Å². The quantitative estimate of drug-likeness (QED) is 0.358. The van der Waals surface area contributed by atoms with Crippen molar-refractivity contribution in [1.29, 1.82) is 0 Å². The zero-order valence-corrected chi connectivity index (χ0v) is 9.24. The molecule has 74 valence electrons. The number of unbranched alkanes of at least 4 members (excludes halogenated alkanes) is 5. The largest absolute Gasteiger partial charge is 0.380 e. The first-order chi connectivity index (χ1) is 5.56. The van der Waals surface area contributed by atoms with Gasteiger partial charge in [-0.25, -0.2) is 0 Å². The van der Waals surface area contributed by atoms with Crippen molar-refractivity contribution in [3.8, 4) is 0 Å². The summed E-state index contributed by atoms with van der Waals surface area (Å²) in [6.45, 7) is 3.97. The van der Waals surface area contributed by atoms with Gasteiger partial charge < -0.3 is 5.11 Å². The van der Waals surface area contributed by atoms with Crippen molar-refractivity contribution in [1.82, 2.24) is 0 Å². The van der Waals surface area contributed by atoms with Gasteiger partial charge in [0, 0.05) is 0 Å². The third kappa shape index (κ3) is 10.3. The van der Waals surface area contributed by atoms with E-state index in [4.69, 9.17) is 0 Å². The summed E-state index contributed by atoms with van der Waals surface area (Å²) in [4.78, 5) is -0.759. The molecule has 0 rings (SSSR count). The normalized spacial score (nSPS) is 16.0. The SMILES string of the molecule is CCCCCCCCC(C)(O)S. The Morgan fingerprint density at radius 2 is 1.58 bits per heavy atom. The van der Waals surface area contributed by atoms with Crippen molar-refractivity contribution < 1.29 is 5.11 Å². The van der Waals surface area contributed by atoms with E-state index >= 15 is 0 Å². The zero-order chi connectivity index (χ0) is 9.45. The molecule has 1 unspecified atom stereocenters. The van der Waals surface area contributed by atoms with Gasteiger partial charge in [-0.05, 0) is 19.8 Å². The molecular formula is C10H22OS. The molecule has 0 aliphatic heterocycles. The summed E-state index contributed by atoms with van der Waals surface area (Å²) in [5.41, 5.74) is 0. The second-order valence-electron chi connectivity index (χ2n) is 3.73. The molecule has 1 N–H and O–H groups in total. The van der Waals surface area contributed by atoms with Crippen LogP contribution in [-0.2, 0) is 0 Å². The highest BCUT2D eigenvalue weighted by Gasteiger charge is 2.11. The van der Waals surface area contributed by atoms with Crippen LogP contribution in [0.4, 0.5) is 0 Å². The Balaban J connectivity index is 3.01. The van der Waals surface area contributed by atoms with Gasteiger partial charge in [-0.1, -0.05) is 39.0 Å². The number of aliphatic hydroxyl groups is 1. The van der Waals surface area contributed by atoms with Crippen LogP contribution in [0, 0.1) is 0 Å². The first-order valence-electron chi connectivity index (χ1n) is 5.01. The van der Waals surface area contributed by atoms with Crippen LogP contribution >= 0.6 is 12.6 Å². The zero-order valence-electron chi connectivity index (χ0n) is 8.34. The molecular weight excluding hydrogens is 168 g/mol. The van der Waals surface area contributed by atoms with Gasteiger partial charge >= 0.3 is 0 Å². The van der Waals surface area contributed by atoms with E-state index in [0.29, 0.717) is 0 Å². The molecule has 1 nitrogen and oxygen atoms in total. The molecule has 0 aliphatic carbocycles.